The topological polar surface area (TPSA) is 61.4 Å². The molecule has 7 heteroatoms. The first-order valence-corrected chi connectivity index (χ1v) is 7.17. The van der Waals surface area contributed by atoms with E-state index in [4.69, 9.17) is 0 Å². The van der Waals surface area contributed by atoms with Crippen LogP contribution in [0.1, 0.15) is 12.8 Å². The molecule has 5 nitrogen and oxygen atoms in total. The molecule has 0 radical (unpaired) electrons. The summed E-state index contributed by atoms with van der Waals surface area (Å²) in [6, 6.07) is 2.77. The van der Waals surface area contributed by atoms with E-state index in [1.54, 1.807) is 7.05 Å². The second-order valence-electron chi connectivity index (χ2n) is 5.42. The van der Waals surface area contributed by atoms with Crippen LogP contribution in [0.4, 0.5) is 14.5 Å². The Kier molecular flexibility index (Phi) is 5.43. The first kappa shape index (κ1) is 16.4. The van der Waals surface area contributed by atoms with Gasteiger partial charge in [-0.1, -0.05) is 0 Å². The van der Waals surface area contributed by atoms with Crippen molar-refractivity contribution in [3.05, 3.63) is 29.8 Å². The van der Waals surface area contributed by atoms with E-state index in [1.165, 1.54) is 4.90 Å². The smallest absolute Gasteiger partial charge is 0.243 e. The van der Waals surface area contributed by atoms with Gasteiger partial charge in [-0.2, -0.15) is 0 Å². The van der Waals surface area contributed by atoms with Gasteiger partial charge in [0, 0.05) is 24.7 Å². The molecule has 0 unspecified atom stereocenters. The lowest BCUT2D eigenvalue weighted by atomic mass is 9.97. The molecule has 2 amide bonds. The summed E-state index contributed by atoms with van der Waals surface area (Å²) >= 11 is 0. The predicted octanol–water partition coefficient (Wildman–Crippen LogP) is 1.36. The summed E-state index contributed by atoms with van der Waals surface area (Å²) in [6.45, 7) is 1.43. The summed E-state index contributed by atoms with van der Waals surface area (Å²) in [5.41, 5.74) is 0.0326. The molecule has 0 atom stereocenters. The molecular weight excluding hydrogens is 292 g/mol. The average molecular weight is 311 g/mol. The van der Waals surface area contributed by atoms with Gasteiger partial charge in [0.25, 0.3) is 0 Å². The Balaban J connectivity index is 1.89. The Morgan fingerprint density at radius 1 is 1.23 bits per heavy atom. The zero-order valence-corrected chi connectivity index (χ0v) is 12.4. The van der Waals surface area contributed by atoms with Crippen molar-refractivity contribution in [2.45, 2.75) is 12.8 Å². The van der Waals surface area contributed by atoms with Crippen molar-refractivity contribution in [2.24, 2.45) is 5.92 Å². The molecule has 0 aromatic heterocycles. The van der Waals surface area contributed by atoms with Crippen molar-refractivity contribution in [2.75, 3.05) is 32.0 Å². The van der Waals surface area contributed by atoms with E-state index in [-0.39, 0.29) is 24.1 Å². The van der Waals surface area contributed by atoms with E-state index in [0.717, 1.165) is 44.1 Å². The summed E-state index contributed by atoms with van der Waals surface area (Å²) in [4.78, 5) is 25.4. The Labute approximate surface area is 127 Å². The highest BCUT2D eigenvalue weighted by atomic mass is 19.1. The number of anilines is 1. The fourth-order valence-electron chi connectivity index (χ4n) is 2.50. The van der Waals surface area contributed by atoms with Crippen LogP contribution in [-0.4, -0.2) is 43.4 Å². The van der Waals surface area contributed by atoms with Gasteiger partial charge in [-0.25, -0.2) is 8.78 Å². The molecule has 0 aliphatic carbocycles. The number of rotatable bonds is 4. The highest BCUT2D eigenvalue weighted by Crippen LogP contribution is 2.15. The van der Waals surface area contributed by atoms with Gasteiger partial charge in [-0.15, -0.1) is 0 Å². The van der Waals surface area contributed by atoms with Crippen LogP contribution in [0.15, 0.2) is 18.2 Å². The number of hydrogen-bond donors (Lipinski definition) is 2. The van der Waals surface area contributed by atoms with E-state index in [9.17, 15) is 18.4 Å². The Bertz CT molecular complexity index is 539. The summed E-state index contributed by atoms with van der Waals surface area (Å²) in [5, 5.41) is 5.56. The van der Waals surface area contributed by atoms with E-state index in [2.05, 4.69) is 10.6 Å². The Hall–Kier alpha value is -2.02. The molecular formula is C15H19F2N3O2. The molecule has 22 heavy (non-hydrogen) atoms. The molecule has 0 saturated carbocycles. The summed E-state index contributed by atoms with van der Waals surface area (Å²) in [6.07, 6.45) is 1.50. The minimum atomic E-state index is -0.769. The number of halogens is 2. The fraction of sp³-hybridized carbons (Fsp3) is 0.467. The second-order valence-corrected chi connectivity index (χ2v) is 5.42. The molecule has 1 aliphatic rings. The molecule has 1 heterocycles. The van der Waals surface area contributed by atoms with Crippen LogP contribution >= 0.6 is 0 Å². The summed E-state index contributed by atoms with van der Waals surface area (Å²) in [5.74, 6) is -2.19. The third-order valence-corrected chi connectivity index (χ3v) is 3.59. The van der Waals surface area contributed by atoms with Crippen LogP contribution in [0.5, 0.6) is 0 Å². The van der Waals surface area contributed by atoms with Crippen LogP contribution in [0.25, 0.3) is 0 Å². The largest absolute Gasteiger partial charge is 0.336 e. The quantitative estimate of drug-likeness (QED) is 0.883. The molecule has 0 spiro atoms. The number of benzene rings is 1. The summed E-state index contributed by atoms with van der Waals surface area (Å²) < 4.78 is 26.1. The average Bonchev–Trinajstić information content (AvgIpc) is 2.46. The lowest BCUT2D eigenvalue weighted by molar-refractivity contribution is -0.137. The van der Waals surface area contributed by atoms with Crippen molar-refractivity contribution in [3.63, 3.8) is 0 Å². The molecule has 2 N–H and O–H groups in total. The SMILES string of the molecule is CN(CC(=O)Nc1cc(F)cc(F)c1)C(=O)C1CCNCC1. The van der Waals surface area contributed by atoms with Crippen molar-refractivity contribution < 1.29 is 18.4 Å². The second kappa shape index (κ2) is 7.31. The van der Waals surface area contributed by atoms with Crippen LogP contribution in [0.3, 0.4) is 0 Å². The van der Waals surface area contributed by atoms with Gasteiger partial charge >= 0.3 is 0 Å². The number of nitrogens with one attached hydrogen (secondary N) is 2. The van der Waals surface area contributed by atoms with Crippen molar-refractivity contribution >= 4 is 17.5 Å². The lowest BCUT2D eigenvalue weighted by Crippen LogP contribution is -2.42. The normalized spacial score (nSPS) is 15.4. The van der Waals surface area contributed by atoms with Gasteiger partial charge in [0.05, 0.1) is 6.54 Å². The number of amides is 2. The number of piperidine rings is 1. The third kappa shape index (κ3) is 4.49. The maximum absolute atomic E-state index is 13.1. The maximum atomic E-state index is 13.1. The van der Waals surface area contributed by atoms with E-state index in [0.29, 0.717) is 0 Å². The fourth-order valence-corrected chi connectivity index (χ4v) is 2.50. The molecule has 1 aromatic carbocycles. The van der Waals surface area contributed by atoms with Gasteiger partial charge in [0.2, 0.25) is 11.8 Å². The Morgan fingerprint density at radius 2 is 1.82 bits per heavy atom. The molecule has 1 saturated heterocycles. The third-order valence-electron chi connectivity index (χ3n) is 3.59. The standard InChI is InChI=1S/C15H19F2N3O2/c1-20(15(22)10-2-4-18-5-3-10)9-14(21)19-13-7-11(16)6-12(17)8-13/h6-8,10,18H,2-5,9H2,1H3,(H,19,21). The molecule has 1 aromatic rings. The van der Waals surface area contributed by atoms with Crippen LogP contribution in [0, 0.1) is 17.6 Å². The van der Waals surface area contributed by atoms with Crippen molar-refractivity contribution in [3.8, 4) is 0 Å². The van der Waals surface area contributed by atoms with Gasteiger partial charge in [0.15, 0.2) is 0 Å². The van der Waals surface area contributed by atoms with Crippen molar-refractivity contribution in [1.29, 1.82) is 0 Å². The molecule has 1 fully saturated rings. The highest BCUT2D eigenvalue weighted by Gasteiger charge is 2.24. The van der Waals surface area contributed by atoms with Crippen LogP contribution < -0.4 is 10.6 Å². The van der Waals surface area contributed by atoms with E-state index < -0.39 is 17.5 Å². The minimum absolute atomic E-state index is 0.0326. The maximum Gasteiger partial charge on any atom is 0.243 e. The molecule has 0 bridgehead atoms. The van der Waals surface area contributed by atoms with Gasteiger partial charge in [-0.05, 0) is 38.1 Å². The number of nitrogens with zero attached hydrogens (tertiary/aromatic N) is 1. The van der Waals surface area contributed by atoms with E-state index >= 15 is 0 Å². The number of hydrogen-bond acceptors (Lipinski definition) is 3. The van der Waals surface area contributed by atoms with Gasteiger partial charge in [-0.3, -0.25) is 9.59 Å². The zero-order chi connectivity index (χ0) is 16.1. The zero-order valence-electron chi connectivity index (χ0n) is 12.4. The van der Waals surface area contributed by atoms with Crippen molar-refractivity contribution in [1.82, 2.24) is 10.2 Å². The first-order valence-electron chi connectivity index (χ1n) is 7.17. The number of carbonyl (C=O) groups excluding carboxylic acids is 2. The molecule has 1 aliphatic heterocycles. The predicted molar refractivity (Wildman–Crippen MR) is 78.2 cm³/mol. The minimum Gasteiger partial charge on any atom is -0.336 e. The highest BCUT2D eigenvalue weighted by molar-refractivity contribution is 5.94. The van der Waals surface area contributed by atoms with Gasteiger partial charge < -0.3 is 15.5 Å². The summed E-state index contributed by atoms with van der Waals surface area (Å²) in [7, 11) is 1.55. The van der Waals surface area contributed by atoms with Gasteiger partial charge in [0.1, 0.15) is 11.6 Å². The monoisotopic (exact) mass is 311 g/mol. The first-order chi connectivity index (χ1) is 10.5. The Morgan fingerprint density at radius 3 is 2.41 bits per heavy atom. The number of likely N-dealkylation sites (N-methyl/N-ethyl adjacent to an activating group) is 1. The molecule has 2 rings (SSSR count). The lowest BCUT2D eigenvalue weighted by Gasteiger charge is -2.26. The van der Waals surface area contributed by atoms with E-state index in [1.807, 2.05) is 0 Å². The number of carbonyl (C=O) groups is 2. The van der Waals surface area contributed by atoms with Crippen LogP contribution in [-0.2, 0) is 9.59 Å². The van der Waals surface area contributed by atoms with Crippen LogP contribution in [0.2, 0.25) is 0 Å². The molecule has 120 valence electrons.